The first-order chi connectivity index (χ1) is 6.92. The van der Waals surface area contributed by atoms with Gasteiger partial charge < -0.3 is 4.43 Å². The molecule has 14 heavy (non-hydrogen) atoms. The predicted octanol–water partition coefficient (Wildman–Crippen LogP) is 3.02. The van der Waals surface area contributed by atoms with Crippen LogP contribution in [0.2, 0.25) is 6.55 Å². The summed E-state index contributed by atoms with van der Waals surface area (Å²) in [6, 6.07) is 14.8. The molecule has 2 radical (unpaired) electrons. The van der Waals surface area contributed by atoms with Gasteiger partial charge in [-0.2, -0.15) is 0 Å². The fourth-order valence-electron chi connectivity index (χ4n) is 1.57. The molecular formula is C12H12OSi. The van der Waals surface area contributed by atoms with Gasteiger partial charge in [-0.1, -0.05) is 42.5 Å². The molecule has 0 aliphatic rings. The van der Waals surface area contributed by atoms with Gasteiger partial charge in [0.15, 0.2) is 0 Å². The summed E-state index contributed by atoms with van der Waals surface area (Å²) in [7, 11) is 0.554. The summed E-state index contributed by atoms with van der Waals surface area (Å²) in [5, 5.41) is 2.58. The van der Waals surface area contributed by atoms with E-state index in [0.29, 0.717) is 9.76 Å². The van der Waals surface area contributed by atoms with Crippen LogP contribution in [-0.4, -0.2) is 9.76 Å². The maximum Gasteiger partial charge on any atom is 0.226 e. The predicted molar refractivity (Wildman–Crippen MR) is 60.4 cm³/mol. The summed E-state index contributed by atoms with van der Waals surface area (Å²) in [4.78, 5) is 0. The molecule has 0 N–H and O–H groups in total. The molecule has 0 atom stereocenters. The van der Waals surface area contributed by atoms with Crippen molar-refractivity contribution in [3.8, 4) is 0 Å². The molecular weight excluding hydrogens is 188 g/mol. The molecule has 0 saturated heterocycles. The maximum atomic E-state index is 5.46. The first kappa shape index (κ1) is 9.43. The van der Waals surface area contributed by atoms with E-state index in [2.05, 4.69) is 42.5 Å². The third-order valence-electron chi connectivity index (χ3n) is 2.25. The van der Waals surface area contributed by atoms with E-state index in [1.165, 1.54) is 16.3 Å². The molecule has 0 spiro atoms. The molecule has 2 heteroatoms. The van der Waals surface area contributed by atoms with E-state index in [1.807, 2.05) is 6.55 Å². The number of fused-ring (bicyclic) bond motifs is 1. The molecule has 0 aliphatic heterocycles. The SMILES string of the molecule is C[Si]OCc1cccc2ccccc12. The molecule has 0 heterocycles. The summed E-state index contributed by atoms with van der Waals surface area (Å²) >= 11 is 0. The Bertz CT molecular complexity index is 420. The highest BCUT2D eigenvalue weighted by atomic mass is 28.2. The fourth-order valence-corrected chi connectivity index (χ4v) is 1.87. The molecule has 0 amide bonds. The summed E-state index contributed by atoms with van der Waals surface area (Å²) in [6.07, 6.45) is 0. The minimum absolute atomic E-state index is 0.554. The molecule has 0 bridgehead atoms. The quantitative estimate of drug-likeness (QED) is 0.692. The Morgan fingerprint density at radius 1 is 1.07 bits per heavy atom. The third kappa shape index (κ3) is 1.86. The monoisotopic (exact) mass is 200 g/mol. The van der Waals surface area contributed by atoms with Crippen LogP contribution in [0.5, 0.6) is 0 Å². The van der Waals surface area contributed by atoms with Crippen LogP contribution in [0.3, 0.4) is 0 Å². The number of hydrogen-bond acceptors (Lipinski definition) is 1. The lowest BCUT2D eigenvalue weighted by Gasteiger charge is -2.05. The number of benzene rings is 2. The van der Waals surface area contributed by atoms with Gasteiger partial charge in [0, 0.05) is 0 Å². The minimum atomic E-state index is 0.554. The van der Waals surface area contributed by atoms with E-state index in [-0.39, 0.29) is 0 Å². The Balaban J connectivity index is 2.43. The van der Waals surface area contributed by atoms with Crippen LogP contribution >= 0.6 is 0 Å². The summed E-state index contributed by atoms with van der Waals surface area (Å²) in [5.74, 6) is 0. The molecule has 0 fully saturated rings. The first-order valence-corrected chi connectivity index (χ1v) is 6.08. The lowest BCUT2D eigenvalue weighted by atomic mass is 10.1. The Labute approximate surface area is 86.7 Å². The Hall–Kier alpha value is -1.12. The van der Waals surface area contributed by atoms with Gasteiger partial charge in [-0.3, -0.25) is 0 Å². The van der Waals surface area contributed by atoms with Gasteiger partial charge in [0.1, 0.15) is 0 Å². The largest absolute Gasteiger partial charge is 0.413 e. The van der Waals surface area contributed by atoms with Crippen LogP contribution in [-0.2, 0) is 11.0 Å². The highest BCUT2D eigenvalue weighted by Gasteiger charge is 1.98. The summed E-state index contributed by atoms with van der Waals surface area (Å²) < 4.78 is 5.46. The summed E-state index contributed by atoms with van der Waals surface area (Å²) in [5.41, 5.74) is 1.28. The van der Waals surface area contributed by atoms with Crippen LogP contribution < -0.4 is 0 Å². The topological polar surface area (TPSA) is 9.23 Å². The third-order valence-corrected chi connectivity index (χ3v) is 2.68. The first-order valence-electron chi connectivity index (χ1n) is 4.67. The zero-order valence-electron chi connectivity index (χ0n) is 8.16. The van der Waals surface area contributed by atoms with Gasteiger partial charge in [-0.15, -0.1) is 0 Å². The van der Waals surface area contributed by atoms with Crippen molar-refractivity contribution in [3.05, 3.63) is 48.0 Å². The molecule has 70 valence electrons. The van der Waals surface area contributed by atoms with Crippen LogP contribution in [0.4, 0.5) is 0 Å². The average molecular weight is 200 g/mol. The van der Waals surface area contributed by atoms with Crippen molar-refractivity contribution in [1.82, 2.24) is 0 Å². The molecule has 2 rings (SSSR count). The van der Waals surface area contributed by atoms with Crippen molar-refractivity contribution in [2.75, 3.05) is 0 Å². The highest BCUT2D eigenvalue weighted by molar-refractivity contribution is 6.24. The minimum Gasteiger partial charge on any atom is -0.413 e. The molecule has 0 unspecified atom stereocenters. The van der Waals surface area contributed by atoms with E-state index in [4.69, 9.17) is 4.43 Å². The maximum absolute atomic E-state index is 5.46. The molecule has 0 aromatic heterocycles. The van der Waals surface area contributed by atoms with Gasteiger partial charge >= 0.3 is 0 Å². The highest BCUT2D eigenvalue weighted by Crippen LogP contribution is 2.18. The van der Waals surface area contributed by atoms with Crippen molar-refractivity contribution >= 4 is 20.5 Å². The zero-order chi connectivity index (χ0) is 9.80. The molecule has 2 aromatic carbocycles. The van der Waals surface area contributed by atoms with Gasteiger partial charge in [0.05, 0.1) is 6.61 Å². The number of hydrogen-bond donors (Lipinski definition) is 0. The second kappa shape index (κ2) is 4.40. The Kier molecular flexibility index (Phi) is 2.96. The van der Waals surface area contributed by atoms with Crippen molar-refractivity contribution in [2.24, 2.45) is 0 Å². The van der Waals surface area contributed by atoms with Crippen molar-refractivity contribution in [2.45, 2.75) is 13.2 Å². The van der Waals surface area contributed by atoms with Gasteiger partial charge in [0.25, 0.3) is 0 Å². The van der Waals surface area contributed by atoms with Gasteiger partial charge in [-0.25, -0.2) is 0 Å². The second-order valence-electron chi connectivity index (χ2n) is 3.13. The fraction of sp³-hybridized carbons (Fsp3) is 0.167. The molecule has 0 aliphatic carbocycles. The second-order valence-corrected chi connectivity index (χ2v) is 3.83. The molecule has 1 nitrogen and oxygen atoms in total. The lowest BCUT2D eigenvalue weighted by Crippen LogP contribution is -1.95. The Morgan fingerprint density at radius 2 is 1.86 bits per heavy atom. The normalized spacial score (nSPS) is 10.6. The summed E-state index contributed by atoms with van der Waals surface area (Å²) in [6.45, 7) is 2.77. The van der Waals surface area contributed by atoms with Crippen molar-refractivity contribution < 1.29 is 4.43 Å². The van der Waals surface area contributed by atoms with Crippen LogP contribution in [0.1, 0.15) is 5.56 Å². The van der Waals surface area contributed by atoms with E-state index in [0.717, 1.165) is 6.61 Å². The number of rotatable bonds is 3. The molecule has 0 saturated carbocycles. The van der Waals surface area contributed by atoms with Gasteiger partial charge in [0.2, 0.25) is 9.76 Å². The molecule has 2 aromatic rings. The van der Waals surface area contributed by atoms with Crippen molar-refractivity contribution in [1.29, 1.82) is 0 Å². The van der Waals surface area contributed by atoms with E-state index >= 15 is 0 Å². The van der Waals surface area contributed by atoms with Crippen LogP contribution in [0.25, 0.3) is 10.8 Å². The Morgan fingerprint density at radius 3 is 2.71 bits per heavy atom. The van der Waals surface area contributed by atoms with Crippen LogP contribution in [0.15, 0.2) is 42.5 Å². The lowest BCUT2D eigenvalue weighted by molar-refractivity contribution is 0.329. The van der Waals surface area contributed by atoms with E-state index in [1.54, 1.807) is 0 Å². The van der Waals surface area contributed by atoms with E-state index < -0.39 is 0 Å². The van der Waals surface area contributed by atoms with Crippen LogP contribution in [0, 0.1) is 0 Å². The van der Waals surface area contributed by atoms with E-state index in [9.17, 15) is 0 Å². The smallest absolute Gasteiger partial charge is 0.226 e. The standard InChI is InChI=1S/C12H12OSi/c1-14-13-9-11-7-4-6-10-5-2-3-8-12(10)11/h2-8H,9H2,1H3. The average Bonchev–Trinajstić information content (AvgIpc) is 2.26. The van der Waals surface area contributed by atoms with Gasteiger partial charge in [-0.05, 0) is 22.9 Å². The zero-order valence-corrected chi connectivity index (χ0v) is 9.16. The van der Waals surface area contributed by atoms with Crippen molar-refractivity contribution in [3.63, 3.8) is 0 Å².